The summed E-state index contributed by atoms with van der Waals surface area (Å²) in [7, 11) is 0. The number of rotatable bonds is 1. The van der Waals surface area contributed by atoms with Gasteiger partial charge >= 0.3 is 0 Å². The van der Waals surface area contributed by atoms with Crippen molar-refractivity contribution in [1.29, 1.82) is 0 Å². The van der Waals surface area contributed by atoms with E-state index in [0.29, 0.717) is 0 Å². The molecule has 0 fully saturated rings. The first-order valence-electron chi connectivity index (χ1n) is 1.59. The average Bonchev–Trinajstić information content (AvgIpc) is 1.36. The fourth-order valence-corrected chi connectivity index (χ4v) is 0. The van der Waals surface area contributed by atoms with Gasteiger partial charge in [0.15, 0.2) is 6.29 Å². The van der Waals surface area contributed by atoms with Crippen LogP contribution >= 0.6 is 0 Å². The molecule has 0 aromatic heterocycles. The smallest absolute Gasteiger partial charge is 0.166 e. The van der Waals surface area contributed by atoms with Crippen LogP contribution in [0.4, 0.5) is 0 Å². The first kappa shape index (κ1) is 5.88. The van der Waals surface area contributed by atoms with Gasteiger partial charge in [0.1, 0.15) is 0 Å². The van der Waals surface area contributed by atoms with Gasteiger partial charge in [-0.25, -0.2) is 0 Å². The lowest BCUT2D eigenvalue weighted by Gasteiger charge is -2.03. The Balaban J connectivity index is 2.99. The van der Waals surface area contributed by atoms with Crippen LogP contribution in [0.1, 0.15) is 0 Å². The quantitative estimate of drug-likeness (QED) is 0.342. The molecule has 4 N–H and O–H groups in total. The van der Waals surface area contributed by atoms with E-state index in [4.69, 9.17) is 15.9 Å². The summed E-state index contributed by atoms with van der Waals surface area (Å²) in [5, 5.41) is 16.0. The number of aliphatic hydroxyl groups is 2. The van der Waals surface area contributed by atoms with Crippen molar-refractivity contribution in [3.05, 3.63) is 6.92 Å². The monoisotopic (exact) mass is 90.1 g/mol. The van der Waals surface area contributed by atoms with Crippen LogP contribution in [0.2, 0.25) is 0 Å². The highest BCUT2D eigenvalue weighted by atomic mass is 16.5. The Morgan fingerprint density at radius 2 is 1.67 bits per heavy atom. The van der Waals surface area contributed by atoms with Gasteiger partial charge in [-0.2, -0.15) is 0 Å². The third kappa shape index (κ3) is 2.14. The van der Waals surface area contributed by atoms with Gasteiger partial charge in [-0.15, -0.1) is 0 Å². The van der Waals surface area contributed by atoms with Crippen LogP contribution in [-0.2, 0) is 0 Å². The summed E-state index contributed by atoms with van der Waals surface area (Å²) in [6.07, 6.45) is -1.48. The van der Waals surface area contributed by atoms with Crippen LogP contribution in [-0.4, -0.2) is 22.5 Å². The summed E-state index contributed by atoms with van der Waals surface area (Å²) in [6, 6.07) is -0.787. The zero-order valence-electron chi connectivity index (χ0n) is 3.33. The lowest BCUT2D eigenvalue weighted by Crippen LogP contribution is -2.30. The van der Waals surface area contributed by atoms with Crippen LogP contribution in [0.3, 0.4) is 0 Å². The van der Waals surface area contributed by atoms with E-state index in [1.807, 2.05) is 0 Å². The molecule has 1 unspecified atom stereocenters. The van der Waals surface area contributed by atoms with E-state index in [9.17, 15) is 0 Å². The van der Waals surface area contributed by atoms with Gasteiger partial charge in [-0.1, -0.05) is 0 Å². The second-order valence-electron chi connectivity index (χ2n) is 1.08. The fraction of sp³-hybridized carbons (Fsp3) is 0.667. The molecule has 0 saturated carbocycles. The van der Waals surface area contributed by atoms with Gasteiger partial charge < -0.3 is 15.9 Å². The topological polar surface area (TPSA) is 66.5 Å². The van der Waals surface area contributed by atoms with E-state index in [1.54, 1.807) is 0 Å². The van der Waals surface area contributed by atoms with Gasteiger partial charge in [-0.05, 0) is 6.92 Å². The number of nitrogens with two attached hydrogens (primary N) is 1. The van der Waals surface area contributed by atoms with E-state index >= 15 is 0 Å². The summed E-state index contributed by atoms with van der Waals surface area (Å²) in [6.45, 7) is 3.12. The maximum absolute atomic E-state index is 8.00. The summed E-state index contributed by atoms with van der Waals surface area (Å²) < 4.78 is 0. The lowest BCUT2D eigenvalue weighted by atomic mass is 10.4. The van der Waals surface area contributed by atoms with Gasteiger partial charge in [0.05, 0.1) is 6.04 Å². The van der Waals surface area contributed by atoms with Crippen molar-refractivity contribution in [2.45, 2.75) is 12.3 Å². The van der Waals surface area contributed by atoms with Crippen molar-refractivity contribution >= 4 is 0 Å². The molecule has 3 heteroatoms. The molecule has 0 bridgehead atoms. The fourth-order valence-electron chi connectivity index (χ4n) is 0. The van der Waals surface area contributed by atoms with E-state index in [-0.39, 0.29) is 0 Å². The summed E-state index contributed by atoms with van der Waals surface area (Å²) >= 11 is 0. The second-order valence-corrected chi connectivity index (χ2v) is 1.08. The van der Waals surface area contributed by atoms with Gasteiger partial charge in [-0.3, -0.25) is 0 Å². The first-order valence-corrected chi connectivity index (χ1v) is 1.59. The third-order valence-corrected chi connectivity index (χ3v) is 0.383. The molecule has 0 aliphatic carbocycles. The van der Waals surface area contributed by atoms with Crippen LogP contribution in [0, 0.1) is 6.92 Å². The standard InChI is InChI=1S/C3H8NO2/c1-2(4)3(5)6/h2-3,5-6H,1,4H2. The Morgan fingerprint density at radius 3 is 1.67 bits per heavy atom. The zero-order chi connectivity index (χ0) is 5.15. The van der Waals surface area contributed by atoms with Gasteiger partial charge in [0.25, 0.3) is 0 Å². The van der Waals surface area contributed by atoms with Crippen LogP contribution in [0.5, 0.6) is 0 Å². The molecule has 1 radical (unpaired) electrons. The number of hydrogen-bond donors (Lipinski definition) is 3. The highest BCUT2D eigenvalue weighted by molar-refractivity contribution is 4.62. The molecule has 0 saturated heterocycles. The summed E-state index contributed by atoms with van der Waals surface area (Å²) in [5.41, 5.74) is 4.82. The van der Waals surface area contributed by atoms with E-state index < -0.39 is 12.3 Å². The van der Waals surface area contributed by atoms with Crippen molar-refractivity contribution in [1.82, 2.24) is 0 Å². The molecule has 0 aliphatic heterocycles. The van der Waals surface area contributed by atoms with Crippen LogP contribution in [0.15, 0.2) is 0 Å². The van der Waals surface area contributed by atoms with E-state index in [1.165, 1.54) is 0 Å². The van der Waals surface area contributed by atoms with E-state index in [0.717, 1.165) is 0 Å². The molecule has 0 aromatic carbocycles. The number of aliphatic hydroxyl groups excluding tert-OH is 1. The maximum atomic E-state index is 8.00. The Hall–Kier alpha value is -0.120. The van der Waals surface area contributed by atoms with Gasteiger partial charge in [0.2, 0.25) is 0 Å². The Bertz CT molecular complexity index is 29.8. The predicted octanol–water partition coefficient (Wildman–Crippen LogP) is -1.54. The normalized spacial score (nSPS) is 15.5. The molecular weight excluding hydrogens is 82.0 g/mol. The predicted molar refractivity (Wildman–Crippen MR) is 21.6 cm³/mol. The molecule has 0 heterocycles. The Kier molecular flexibility index (Phi) is 2.08. The Morgan fingerprint density at radius 1 is 1.50 bits per heavy atom. The first-order chi connectivity index (χ1) is 2.64. The van der Waals surface area contributed by atoms with Crippen molar-refractivity contribution in [3.63, 3.8) is 0 Å². The minimum atomic E-state index is -1.48. The molecule has 0 aromatic rings. The van der Waals surface area contributed by atoms with Crippen molar-refractivity contribution in [2.75, 3.05) is 0 Å². The SMILES string of the molecule is [CH2]C(N)C(O)O. The summed E-state index contributed by atoms with van der Waals surface area (Å²) in [4.78, 5) is 0. The Labute approximate surface area is 36.4 Å². The zero-order valence-corrected chi connectivity index (χ0v) is 3.33. The molecule has 1 atom stereocenters. The lowest BCUT2D eigenvalue weighted by molar-refractivity contribution is -0.0482. The minimum absolute atomic E-state index is 0.787. The number of hydrogen-bond acceptors (Lipinski definition) is 3. The third-order valence-electron chi connectivity index (χ3n) is 0.383. The minimum Gasteiger partial charge on any atom is -0.367 e. The average molecular weight is 90.1 g/mol. The second kappa shape index (κ2) is 2.12. The van der Waals surface area contributed by atoms with Crippen molar-refractivity contribution < 1.29 is 10.2 Å². The van der Waals surface area contributed by atoms with Crippen LogP contribution < -0.4 is 5.73 Å². The van der Waals surface area contributed by atoms with Crippen molar-refractivity contribution in [2.24, 2.45) is 5.73 Å². The van der Waals surface area contributed by atoms with Gasteiger partial charge in [0, 0.05) is 0 Å². The molecule has 6 heavy (non-hydrogen) atoms. The molecule has 0 amide bonds. The molecule has 0 rings (SSSR count). The van der Waals surface area contributed by atoms with E-state index in [2.05, 4.69) is 6.92 Å². The highest BCUT2D eigenvalue weighted by Crippen LogP contribution is 1.76. The van der Waals surface area contributed by atoms with Crippen LogP contribution in [0.25, 0.3) is 0 Å². The summed E-state index contributed by atoms with van der Waals surface area (Å²) in [5.74, 6) is 0. The highest BCUT2D eigenvalue weighted by Gasteiger charge is 2.00. The largest absolute Gasteiger partial charge is 0.367 e. The maximum Gasteiger partial charge on any atom is 0.166 e. The van der Waals surface area contributed by atoms with Crippen molar-refractivity contribution in [3.8, 4) is 0 Å². The molecule has 37 valence electrons. The molecule has 3 nitrogen and oxygen atoms in total. The molecular formula is C3H8NO2. The molecule has 0 aliphatic rings. The molecule has 0 spiro atoms.